The van der Waals surface area contributed by atoms with E-state index in [0.29, 0.717) is 18.2 Å². The first kappa shape index (κ1) is 14.4. The largest absolute Gasteiger partial charge is 0.383 e. The van der Waals surface area contributed by atoms with Gasteiger partial charge in [-0.1, -0.05) is 11.6 Å². The molecule has 98 valence electrons. The minimum atomic E-state index is -0.0933. The number of aromatic nitrogens is 2. The van der Waals surface area contributed by atoms with Crippen molar-refractivity contribution in [3.8, 4) is 0 Å². The smallest absolute Gasteiger partial charge is 0.0834 e. The summed E-state index contributed by atoms with van der Waals surface area (Å²) in [5, 5.41) is 4.84. The van der Waals surface area contributed by atoms with Gasteiger partial charge in [0.2, 0.25) is 0 Å². The van der Waals surface area contributed by atoms with E-state index in [4.69, 9.17) is 22.1 Å². The van der Waals surface area contributed by atoms with Gasteiger partial charge >= 0.3 is 0 Å². The maximum atomic E-state index is 6.15. The lowest BCUT2D eigenvalue weighted by molar-refractivity contribution is 0.181. The molecule has 0 aliphatic carbocycles. The molecule has 1 aromatic rings. The summed E-state index contributed by atoms with van der Waals surface area (Å²) in [6, 6.07) is -0.0933. The van der Waals surface area contributed by atoms with Crippen LogP contribution in [0.15, 0.2) is 6.20 Å². The molecule has 1 unspecified atom stereocenters. The van der Waals surface area contributed by atoms with E-state index in [2.05, 4.69) is 10.00 Å². The van der Waals surface area contributed by atoms with Crippen LogP contribution in [0.25, 0.3) is 0 Å². The SMILES string of the molecule is COCCn1ncc(Cl)c1C(N)CCN(C)C. The Hall–Kier alpha value is -0.620. The van der Waals surface area contributed by atoms with Gasteiger partial charge in [0, 0.05) is 13.2 Å². The van der Waals surface area contributed by atoms with Gasteiger partial charge in [-0.3, -0.25) is 4.68 Å². The predicted molar refractivity (Wildman–Crippen MR) is 69.2 cm³/mol. The molecule has 0 saturated heterocycles. The zero-order valence-electron chi connectivity index (χ0n) is 10.7. The number of halogens is 1. The second kappa shape index (κ2) is 6.96. The number of hydrogen-bond donors (Lipinski definition) is 1. The highest BCUT2D eigenvalue weighted by molar-refractivity contribution is 6.31. The van der Waals surface area contributed by atoms with Crippen LogP contribution in [0.3, 0.4) is 0 Å². The fourth-order valence-electron chi connectivity index (χ4n) is 1.63. The maximum absolute atomic E-state index is 6.15. The van der Waals surface area contributed by atoms with Gasteiger partial charge in [0.25, 0.3) is 0 Å². The van der Waals surface area contributed by atoms with Crippen molar-refractivity contribution in [3.63, 3.8) is 0 Å². The van der Waals surface area contributed by atoms with E-state index in [1.165, 1.54) is 0 Å². The Morgan fingerprint density at radius 1 is 1.59 bits per heavy atom. The first-order valence-corrected chi connectivity index (χ1v) is 6.04. The van der Waals surface area contributed by atoms with Crippen molar-refractivity contribution in [2.24, 2.45) is 5.73 Å². The summed E-state index contributed by atoms with van der Waals surface area (Å²) in [4.78, 5) is 2.10. The summed E-state index contributed by atoms with van der Waals surface area (Å²) in [5.74, 6) is 0. The highest BCUT2D eigenvalue weighted by Crippen LogP contribution is 2.23. The molecule has 0 saturated carbocycles. The Kier molecular flexibility index (Phi) is 5.91. The average Bonchev–Trinajstić information content (AvgIpc) is 2.64. The summed E-state index contributed by atoms with van der Waals surface area (Å²) >= 11 is 6.12. The monoisotopic (exact) mass is 260 g/mol. The van der Waals surface area contributed by atoms with E-state index in [-0.39, 0.29) is 6.04 Å². The molecule has 0 aliphatic heterocycles. The molecule has 0 spiro atoms. The molecule has 0 aromatic carbocycles. The Balaban J connectivity index is 2.69. The standard InChI is InChI=1S/C11H21ClN4O/c1-15(2)5-4-10(13)11-9(12)8-14-16(11)6-7-17-3/h8,10H,4-7,13H2,1-3H3. The molecule has 1 aromatic heterocycles. The van der Waals surface area contributed by atoms with Gasteiger partial charge in [0.1, 0.15) is 0 Å². The Morgan fingerprint density at radius 2 is 2.29 bits per heavy atom. The van der Waals surface area contributed by atoms with Crippen LogP contribution in [-0.4, -0.2) is 49.0 Å². The lowest BCUT2D eigenvalue weighted by atomic mass is 10.1. The number of nitrogens with zero attached hydrogens (tertiary/aromatic N) is 3. The van der Waals surface area contributed by atoms with Crippen LogP contribution in [0, 0.1) is 0 Å². The summed E-state index contributed by atoms with van der Waals surface area (Å²) in [6.45, 7) is 2.20. The van der Waals surface area contributed by atoms with Crippen molar-refractivity contribution in [2.45, 2.75) is 19.0 Å². The number of rotatable bonds is 7. The van der Waals surface area contributed by atoms with Gasteiger partial charge < -0.3 is 15.4 Å². The molecule has 5 nitrogen and oxygen atoms in total. The Bertz CT molecular complexity index is 340. The average molecular weight is 261 g/mol. The van der Waals surface area contributed by atoms with Crippen molar-refractivity contribution >= 4 is 11.6 Å². The van der Waals surface area contributed by atoms with Crippen LogP contribution < -0.4 is 5.73 Å². The number of hydrogen-bond acceptors (Lipinski definition) is 4. The number of ether oxygens (including phenoxy) is 1. The van der Waals surface area contributed by atoms with Gasteiger partial charge in [0.15, 0.2) is 0 Å². The fourth-order valence-corrected chi connectivity index (χ4v) is 1.91. The minimum Gasteiger partial charge on any atom is -0.383 e. The van der Waals surface area contributed by atoms with E-state index >= 15 is 0 Å². The molecule has 0 bridgehead atoms. The zero-order valence-corrected chi connectivity index (χ0v) is 11.4. The van der Waals surface area contributed by atoms with Crippen LogP contribution in [0.2, 0.25) is 5.02 Å². The lowest BCUT2D eigenvalue weighted by Crippen LogP contribution is -2.23. The van der Waals surface area contributed by atoms with Gasteiger partial charge in [-0.25, -0.2) is 0 Å². The van der Waals surface area contributed by atoms with Gasteiger partial charge in [-0.15, -0.1) is 0 Å². The third-order valence-corrected chi connectivity index (χ3v) is 2.87. The van der Waals surface area contributed by atoms with Crippen molar-refractivity contribution in [2.75, 3.05) is 34.4 Å². The zero-order chi connectivity index (χ0) is 12.8. The van der Waals surface area contributed by atoms with Crippen LogP contribution in [-0.2, 0) is 11.3 Å². The minimum absolute atomic E-state index is 0.0933. The molecule has 1 atom stereocenters. The van der Waals surface area contributed by atoms with Crippen molar-refractivity contribution < 1.29 is 4.74 Å². The first-order chi connectivity index (χ1) is 8.06. The normalized spacial score (nSPS) is 13.3. The fraction of sp³-hybridized carbons (Fsp3) is 0.727. The first-order valence-electron chi connectivity index (χ1n) is 5.66. The van der Waals surface area contributed by atoms with Gasteiger partial charge in [-0.05, 0) is 27.1 Å². The predicted octanol–water partition coefficient (Wildman–Crippen LogP) is 1.13. The molecule has 1 rings (SSSR count). The molecular formula is C11H21ClN4O. The molecular weight excluding hydrogens is 240 g/mol. The Labute approximate surface area is 107 Å². The Morgan fingerprint density at radius 3 is 2.88 bits per heavy atom. The highest BCUT2D eigenvalue weighted by Gasteiger charge is 2.16. The van der Waals surface area contributed by atoms with E-state index in [9.17, 15) is 0 Å². The van der Waals surface area contributed by atoms with Crippen LogP contribution >= 0.6 is 11.6 Å². The molecule has 0 amide bonds. The van der Waals surface area contributed by atoms with Crippen molar-refractivity contribution in [1.29, 1.82) is 0 Å². The van der Waals surface area contributed by atoms with Gasteiger partial charge in [0.05, 0.1) is 30.1 Å². The van der Waals surface area contributed by atoms with Crippen LogP contribution in [0.5, 0.6) is 0 Å². The van der Waals surface area contributed by atoms with E-state index in [0.717, 1.165) is 18.7 Å². The second-order valence-electron chi connectivity index (χ2n) is 4.29. The third kappa shape index (κ3) is 4.27. The molecule has 1 heterocycles. The van der Waals surface area contributed by atoms with E-state index in [1.54, 1.807) is 13.3 Å². The third-order valence-electron chi connectivity index (χ3n) is 2.58. The molecule has 6 heteroatoms. The van der Waals surface area contributed by atoms with Crippen LogP contribution in [0.4, 0.5) is 0 Å². The summed E-state index contributed by atoms with van der Waals surface area (Å²) in [7, 11) is 5.71. The van der Waals surface area contributed by atoms with Crippen molar-refractivity contribution in [1.82, 2.24) is 14.7 Å². The molecule has 0 radical (unpaired) electrons. The summed E-state index contributed by atoms with van der Waals surface area (Å²) in [6.07, 6.45) is 2.49. The number of nitrogens with two attached hydrogens (primary N) is 1. The molecule has 17 heavy (non-hydrogen) atoms. The molecule has 0 fully saturated rings. The topological polar surface area (TPSA) is 56.3 Å². The summed E-state index contributed by atoms with van der Waals surface area (Å²) in [5.41, 5.74) is 7.04. The quantitative estimate of drug-likeness (QED) is 0.799. The van der Waals surface area contributed by atoms with E-state index < -0.39 is 0 Å². The molecule has 2 N–H and O–H groups in total. The maximum Gasteiger partial charge on any atom is 0.0834 e. The highest BCUT2D eigenvalue weighted by atomic mass is 35.5. The lowest BCUT2D eigenvalue weighted by Gasteiger charge is -2.17. The van der Waals surface area contributed by atoms with Gasteiger partial charge in [-0.2, -0.15) is 5.10 Å². The van der Waals surface area contributed by atoms with Crippen LogP contribution in [0.1, 0.15) is 18.2 Å². The van der Waals surface area contributed by atoms with E-state index in [1.807, 2.05) is 18.8 Å². The van der Waals surface area contributed by atoms with Crippen molar-refractivity contribution in [3.05, 3.63) is 16.9 Å². The summed E-state index contributed by atoms with van der Waals surface area (Å²) < 4.78 is 6.86. The number of methoxy groups -OCH3 is 1. The second-order valence-corrected chi connectivity index (χ2v) is 4.70. The molecule has 0 aliphatic rings.